The van der Waals surface area contributed by atoms with Crippen LogP contribution in [0.1, 0.15) is 25.6 Å². The molecule has 0 radical (unpaired) electrons. The highest BCUT2D eigenvalue weighted by molar-refractivity contribution is 9.10. The zero-order valence-corrected chi connectivity index (χ0v) is 10.0. The first-order valence-corrected chi connectivity index (χ1v) is 5.50. The summed E-state index contributed by atoms with van der Waals surface area (Å²) < 4.78 is 14.1. The second kappa shape index (κ2) is 3.85. The highest BCUT2D eigenvalue weighted by atomic mass is 79.9. The van der Waals surface area contributed by atoms with Crippen molar-refractivity contribution in [2.24, 2.45) is 0 Å². The Labute approximate surface area is 95.7 Å². The molecule has 1 heterocycles. The zero-order chi connectivity index (χ0) is 11.0. The van der Waals surface area contributed by atoms with Crippen molar-refractivity contribution in [1.82, 2.24) is 9.97 Å². The van der Waals surface area contributed by atoms with Crippen LogP contribution in [0.2, 0.25) is 0 Å². The Balaban J connectivity index is 2.80. The predicted octanol–water partition coefficient (Wildman–Crippen LogP) is 3.65. The van der Waals surface area contributed by atoms with E-state index in [1.54, 1.807) is 12.1 Å². The van der Waals surface area contributed by atoms with Gasteiger partial charge in [0.1, 0.15) is 21.8 Å². The Bertz CT molecular complexity index is 511. The summed E-state index contributed by atoms with van der Waals surface area (Å²) in [6, 6.07) is 4.86. The number of nitrogens with zero attached hydrogens (tertiary/aromatic N) is 2. The smallest absolute Gasteiger partial charge is 0.149 e. The van der Waals surface area contributed by atoms with Crippen molar-refractivity contribution < 1.29 is 4.39 Å². The van der Waals surface area contributed by atoms with E-state index >= 15 is 0 Å². The Morgan fingerprint density at radius 2 is 2.00 bits per heavy atom. The third-order valence-corrected chi connectivity index (χ3v) is 2.77. The summed E-state index contributed by atoms with van der Waals surface area (Å²) in [5.74, 6) is 0.530. The third kappa shape index (κ3) is 1.86. The van der Waals surface area contributed by atoms with E-state index in [-0.39, 0.29) is 11.7 Å². The molecule has 2 rings (SSSR count). The fraction of sp³-hybridized carbons (Fsp3) is 0.273. The lowest BCUT2D eigenvalue weighted by Gasteiger charge is -2.07. The molecule has 0 spiro atoms. The molecule has 0 fully saturated rings. The molecule has 0 amide bonds. The highest BCUT2D eigenvalue weighted by Gasteiger charge is 2.10. The van der Waals surface area contributed by atoms with Crippen LogP contribution < -0.4 is 0 Å². The largest absolute Gasteiger partial charge is 0.229 e. The van der Waals surface area contributed by atoms with Gasteiger partial charge in [0.2, 0.25) is 0 Å². The van der Waals surface area contributed by atoms with Gasteiger partial charge in [-0.05, 0) is 28.1 Å². The van der Waals surface area contributed by atoms with Gasteiger partial charge in [-0.3, -0.25) is 0 Å². The average molecular weight is 269 g/mol. The van der Waals surface area contributed by atoms with Crippen molar-refractivity contribution in [3.63, 3.8) is 0 Å². The van der Waals surface area contributed by atoms with E-state index in [4.69, 9.17) is 0 Å². The molecule has 78 valence electrons. The maximum atomic E-state index is 13.5. The van der Waals surface area contributed by atoms with Crippen molar-refractivity contribution in [3.05, 3.63) is 34.4 Å². The Kier molecular flexibility index (Phi) is 2.69. The van der Waals surface area contributed by atoms with Crippen LogP contribution in [0.4, 0.5) is 4.39 Å². The zero-order valence-electron chi connectivity index (χ0n) is 8.46. The van der Waals surface area contributed by atoms with Crippen LogP contribution in [0.25, 0.3) is 10.9 Å². The van der Waals surface area contributed by atoms with Gasteiger partial charge in [-0.25, -0.2) is 14.4 Å². The lowest BCUT2D eigenvalue weighted by molar-refractivity contribution is 0.634. The van der Waals surface area contributed by atoms with Crippen molar-refractivity contribution in [3.8, 4) is 0 Å². The summed E-state index contributed by atoms with van der Waals surface area (Å²) in [6.45, 7) is 3.96. The second-order valence-corrected chi connectivity index (χ2v) is 4.41. The topological polar surface area (TPSA) is 25.8 Å². The molecule has 0 aliphatic carbocycles. The van der Waals surface area contributed by atoms with Crippen molar-refractivity contribution in [2.45, 2.75) is 19.8 Å². The Hall–Kier alpha value is -1.03. The van der Waals surface area contributed by atoms with Gasteiger partial charge in [-0.1, -0.05) is 19.9 Å². The van der Waals surface area contributed by atoms with Crippen LogP contribution in [0.5, 0.6) is 0 Å². The molecule has 0 N–H and O–H groups in total. The molecule has 0 aliphatic heterocycles. The van der Waals surface area contributed by atoms with E-state index in [0.717, 1.165) is 0 Å². The number of halogens is 2. The highest BCUT2D eigenvalue weighted by Crippen LogP contribution is 2.24. The summed E-state index contributed by atoms with van der Waals surface area (Å²) in [5.41, 5.74) is 0.378. The molecular weight excluding hydrogens is 259 g/mol. The van der Waals surface area contributed by atoms with E-state index in [1.807, 2.05) is 13.8 Å². The number of aromatic nitrogens is 2. The molecular formula is C11H10BrFN2. The molecule has 4 heteroatoms. The van der Waals surface area contributed by atoms with Gasteiger partial charge in [-0.2, -0.15) is 0 Å². The molecule has 1 aromatic carbocycles. The third-order valence-electron chi connectivity index (χ3n) is 2.16. The monoisotopic (exact) mass is 268 g/mol. The van der Waals surface area contributed by atoms with Crippen LogP contribution in [-0.2, 0) is 0 Å². The molecule has 0 atom stereocenters. The molecule has 0 saturated heterocycles. The number of hydrogen-bond donors (Lipinski definition) is 0. The molecule has 15 heavy (non-hydrogen) atoms. The maximum absolute atomic E-state index is 13.5. The van der Waals surface area contributed by atoms with Gasteiger partial charge in [0, 0.05) is 11.3 Å². The van der Waals surface area contributed by atoms with Gasteiger partial charge in [0.15, 0.2) is 0 Å². The number of rotatable bonds is 1. The fourth-order valence-corrected chi connectivity index (χ4v) is 1.86. The van der Waals surface area contributed by atoms with Gasteiger partial charge in [0.25, 0.3) is 0 Å². The summed E-state index contributed by atoms with van der Waals surface area (Å²) in [4.78, 5) is 8.50. The Morgan fingerprint density at radius 3 is 2.67 bits per heavy atom. The minimum atomic E-state index is -0.308. The quantitative estimate of drug-likeness (QED) is 0.738. The first-order valence-electron chi connectivity index (χ1n) is 4.71. The molecule has 2 aromatic rings. The van der Waals surface area contributed by atoms with Gasteiger partial charge < -0.3 is 0 Å². The standard InChI is InChI=1S/C11H10BrFN2/c1-6(2)11-14-9-7(10(12)15-11)4-3-5-8(9)13/h3-6H,1-2H3. The fourth-order valence-electron chi connectivity index (χ4n) is 1.35. The first-order chi connectivity index (χ1) is 7.09. The number of hydrogen-bond acceptors (Lipinski definition) is 2. The first kappa shape index (κ1) is 10.5. The lowest BCUT2D eigenvalue weighted by atomic mass is 10.2. The SMILES string of the molecule is CC(C)c1nc(Br)c2cccc(F)c2n1. The minimum Gasteiger partial charge on any atom is -0.229 e. The summed E-state index contributed by atoms with van der Waals surface area (Å²) in [5, 5.41) is 0.708. The second-order valence-electron chi connectivity index (χ2n) is 3.66. The summed E-state index contributed by atoms with van der Waals surface area (Å²) >= 11 is 3.33. The molecule has 1 aromatic heterocycles. The number of fused-ring (bicyclic) bond motifs is 1. The molecule has 0 bridgehead atoms. The molecule has 0 unspecified atom stereocenters. The van der Waals surface area contributed by atoms with Crippen molar-refractivity contribution >= 4 is 26.8 Å². The van der Waals surface area contributed by atoms with E-state index in [1.165, 1.54) is 6.07 Å². The summed E-state index contributed by atoms with van der Waals surface area (Å²) in [6.07, 6.45) is 0. The average Bonchev–Trinajstić information content (AvgIpc) is 2.19. The van der Waals surface area contributed by atoms with E-state index in [9.17, 15) is 4.39 Å². The van der Waals surface area contributed by atoms with Crippen LogP contribution in [0.15, 0.2) is 22.8 Å². The molecule has 2 nitrogen and oxygen atoms in total. The predicted molar refractivity (Wildman–Crippen MR) is 61.3 cm³/mol. The van der Waals surface area contributed by atoms with E-state index < -0.39 is 0 Å². The number of para-hydroxylation sites is 1. The normalized spacial score (nSPS) is 11.3. The maximum Gasteiger partial charge on any atom is 0.149 e. The van der Waals surface area contributed by atoms with Gasteiger partial charge >= 0.3 is 0 Å². The minimum absolute atomic E-state index is 0.185. The van der Waals surface area contributed by atoms with Gasteiger partial charge in [-0.15, -0.1) is 0 Å². The van der Waals surface area contributed by atoms with Crippen LogP contribution in [0.3, 0.4) is 0 Å². The summed E-state index contributed by atoms with van der Waals surface area (Å²) in [7, 11) is 0. The lowest BCUT2D eigenvalue weighted by Crippen LogP contribution is -1.99. The van der Waals surface area contributed by atoms with Gasteiger partial charge in [0.05, 0.1) is 0 Å². The molecule has 0 aliphatic rings. The van der Waals surface area contributed by atoms with Crippen LogP contribution in [0, 0.1) is 5.82 Å². The molecule has 0 saturated carbocycles. The van der Waals surface area contributed by atoms with Crippen molar-refractivity contribution in [2.75, 3.05) is 0 Å². The van der Waals surface area contributed by atoms with E-state index in [0.29, 0.717) is 21.3 Å². The van der Waals surface area contributed by atoms with Crippen LogP contribution >= 0.6 is 15.9 Å². The number of benzene rings is 1. The van der Waals surface area contributed by atoms with Crippen molar-refractivity contribution in [1.29, 1.82) is 0 Å². The van der Waals surface area contributed by atoms with E-state index in [2.05, 4.69) is 25.9 Å². The Morgan fingerprint density at radius 1 is 1.27 bits per heavy atom. The van der Waals surface area contributed by atoms with Crippen LogP contribution in [-0.4, -0.2) is 9.97 Å².